The second-order valence-corrected chi connectivity index (χ2v) is 21.3. The predicted octanol–water partition coefficient (Wildman–Crippen LogP) is -4.09. The van der Waals surface area contributed by atoms with Crippen LogP contribution in [0.2, 0.25) is 0 Å². The van der Waals surface area contributed by atoms with E-state index in [1.54, 1.807) is 26.5 Å². The number of methoxy groups -OCH3 is 1. The number of aryl methyl sites for hydroxylation is 1. The number of hydrogen-bond donors (Lipinski definition) is 9. The molecule has 29 nitrogen and oxygen atoms in total. The summed E-state index contributed by atoms with van der Waals surface area (Å²) in [5, 5.41) is 44.2. The van der Waals surface area contributed by atoms with E-state index in [2.05, 4.69) is 31.9 Å². The molecule has 0 aliphatic carbocycles. The molecule has 82 heavy (non-hydrogen) atoms. The number of piperazine rings is 1. The number of carboxylic acids is 3. The molecular formula is C53H78N12O17. The molecule has 5 aliphatic heterocycles. The summed E-state index contributed by atoms with van der Waals surface area (Å²) in [6.45, 7) is 6.18. The first-order valence-corrected chi connectivity index (χ1v) is 27.8. The molecular weight excluding hydrogens is 1080 g/mol. The van der Waals surface area contributed by atoms with Gasteiger partial charge in [-0.1, -0.05) is 38.5 Å². The number of carboxylic acid groups (broad SMARTS) is 3. The Morgan fingerprint density at radius 1 is 0.671 bits per heavy atom. The Labute approximate surface area is 474 Å². The van der Waals surface area contributed by atoms with Crippen LogP contribution in [0.1, 0.15) is 69.9 Å². The first-order chi connectivity index (χ1) is 39.1. The van der Waals surface area contributed by atoms with Crippen molar-refractivity contribution in [1.82, 2.24) is 56.4 Å². The molecule has 3 fully saturated rings. The Bertz CT molecular complexity index is 2500. The van der Waals surface area contributed by atoms with E-state index in [1.807, 2.05) is 30.0 Å². The van der Waals surface area contributed by atoms with Crippen LogP contribution in [-0.4, -0.2) is 259 Å². The molecule has 0 bridgehead atoms. The zero-order valence-electron chi connectivity index (χ0n) is 46.7. The third kappa shape index (κ3) is 18.6. The lowest BCUT2D eigenvalue weighted by molar-refractivity contribution is -0.160. The van der Waals surface area contributed by atoms with Crippen molar-refractivity contribution in [3.05, 3.63) is 29.3 Å². The quantitative estimate of drug-likeness (QED) is 0.0378. The number of rotatable bonds is 27. The van der Waals surface area contributed by atoms with Crippen molar-refractivity contribution >= 4 is 76.8 Å². The van der Waals surface area contributed by atoms with Crippen LogP contribution in [0, 0.1) is 5.92 Å². The predicted molar refractivity (Wildman–Crippen MR) is 288 cm³/mol. The Hall–Kier alpha value is -7.34. The fourth-order valence-electron chi connectivity index (χ4n) is 10.6. The van der Waals surface area contributed by atoms with Crippen molar-refractivity contribution in [2.45, 2.75) is 108 Å². The molecule has 1 aromatic carbocycles. The standard InChI is InChI=1S/C53H78N12O17/c1-4-32(2)47(51(79)57-36-9-8-33-6-5-7-34-26-38(65(48(33)34)52(36)80)50(78)58-37-27-46(76)82-53(37)81-3)59-40(67)13-14-54-39(66)12-15-55-49(77)35(10-11-43(70)71)56-41(68)28-60-22-24-64(25-23-60)42(69)29-61-16-18-62(30-44(72)73)20-21-63(19-17-61)31-45(74)75/h5-7,32,35-38,47,53H,4,8-31H2,1-3H3,(H,54,66)(H,55,77)(H,56,68)(H,57,79)(H,58,78)(H,59,67)(H,70,71)(H,72,73)(H,74,75)/t32-,35?,36-,37-,38-,47-,53+/m0/s1. The van der Waals surface area contributed by atoms with Gasteiger partial charge in [-0.05, 0) is 36.3 Å². The molecule has 3 saturated heterocycles. The van der Waals surface area contributed by atoms with Gasteiger partial charge in [0.05, 0.1) is 38.3 Å². The average Bonchev–Trinajstić information content (AvgIpc) is 2.83. The smallest absolute Gasteiger partial charge is 0.317 e. The van der Waals surface area contributed by atoms with Gasteiger partial charge in [0.2, 0.25) is 53.5 Å². The van der Waals surface area contributed by atoms with Gasteiger partial charge in [-0.25, -0.2) is 0 Å². The Morgan fingerprint density at radius 3 is 1.87 bits per heavy atom. The SMILES string of the molecule is CC[C@H](C)[C@H](NC(=O)CCNC(=O)CCNC(=O)C(CCC(=O)O)NC(=O)CN1CCN(C(=O)CN2CCN(CC(=O)O)CCN(CC(=O)O)CC2)CC1)C(=O)N[C@H]1CCc2cccc3c2N(C1=O)[C@H](C(=O)N[C@H]1CC(=O)O[C@H]1OC)C3. The van der Waals surface area contributed by atoms with Gasteiger partial charge in [-0.15, -0.1) is 0 Å². The van der Waals surface area contributed by atoms with Gasteiger partial charge in [0.25, 0.3) is 0 Å². The van der Waals surface area contributed by atoms with Crippen molar-refractivity contribution < 1.29 is 82.3 Å². The summed E-state index contributed by atoms with van der Waals surface area (Å²) in [5.74, 6) is -8.36. The summed E-state index contributed by atoms with van der Waals surface area (Å²) in [7, 11) is 1.35. The number of aliphatic carboxylic acids is 3. The summed E-state index contributed by atoms with van der Waals surface area (Å²) < 4.78 is 10.3. The second kappa shape index (κ2) is 30.6. The highest BCUT2D eigenvalue weighted by Gasteiger charge is 2.46. The van der Waals surface area contributed by atoms with Crippen LogP contribution in [0.4, 0.5) is 5.69 Å². The number of anilines is 1. The maximum atomic E-state index is 14.4. The maximum absolute atomic E-state index is 14.4. The van der Waals surface area contributed by atoms with Crippen molar-refractivity contribution in [2.24, 2.45) is 5.92 Å². The highest BCUT2D eigenvalue weighted by molar-refractivity contribution is 6.08. The minimum absolute atomic E-state index is 0.0289. The van der Waals surface area contributed by atoms with Gasteiger partial charge >= 0.3 is 23.9 Å². The minimum Gasteiger partial charge on any atom is -0.481 e. The largest absolute Gasteiger partial charge is 0.481 e. The van der Waals surface area contributed by atoms with E-state index in [1.165, 1.54) is 12.0 Å². The lowest BCUT2D eigenvalue weighted by Crippen LogP contribution is -2.59. The highest BCUT2D eigenvalue weighted by atomic mass is 16.7. The van der Waals surface area contributed by atoms with E-state index in [9.17, 15) is 72.9 Å². The van der Waals surface area contributed by atoms with Crippen LogP contribution in [0.15, 0.2) is 18.2 Å². The molecule has 0 spiro atoms. The lowest BCUT2D eigenvalue weighted by Gasteiger charge is -2.36. The fraction of sp³-hybridized carbons (Fsp3) is 0.660. The molecule has 1 unspecified atom stereocenters. The van der Waals surface area contributed by atoms with E-state index in [4.69, 9.17) is 9.47 Å². The third-order valence-electron chi connectivity index (χ3n) is 15.4. The van der Waals surface area contributed by atoms with Gasteiger partial charge in [-0.3, -0.25) is 82.0 Å². The topological polar surface area (TPSA) is 376 Å². The Kier molecular flexibility index (Phi) is 23.9. The average molecular weight is 1160 g/mol. The first-order valence-electron chi connectivity index (χ1n) is 27.8. The van der Waals surface area contributed by atoms with E-state index in [0.717, 1.165) is 11.1 Å². The van der Waals surface area contributed by atoms with Gasteiger partial charge in [0, 0.05) is 111 Å². The molecule has 6 rings (SSSR count). The number of ether oxygens (including phenoxy) is 2. The summed E-state index contributed by atoms with van der Waals surface area (Å²) in [6.07, 6.45) is -0.956. The van der Waals surface area contributed by atoms with E-state index in [0.29, 0.717) is 70.9 Å². The summed E-state index contributed by atoms with van der Waals surface area (Å²) in [4.78, 5) is 164. The summed E-state index contributed by atoms with van der Waals surface area (Å²) in [6, 6.07) is 0.404. The van der Waals surface area contributed by atoms with Gasteiger partial charge in [-0.2, -0.15) is 0 Å². The number of amides is 8. The van der Waals surface area contributed by atoms with Gasteiger partial charge in [0.1, 0.15) is 30.2 Å². The van der Waals surface area contributed by atoms with Crippen LogP contribution >= 0.6 is 0 Å². The van der Waals surface area contributed by atoms with Crippen molar-refractivity contribution in [1.29, 1.82) is 0 Å². The number of benzene rings is 1. The zero-order chi connectivity index (χ0) is 59.6. The van der Waals surface area contributed by atoms with Crippen molar-refractivity contribution in [3.8, 4) is 0 Å². The van der Waals surface area contributed by atoms with Gasteiger partial charge in [0.15, 0.2) is 0 Å². The molecule has 29 heteroatoms. The number of hydrogen-bond acceptors (Lipinski definition) is 18. The molecule has 0 radical (unpaired) electrons. The molecule has 452 valence electrons. The third-order valence-corrected chi connectivity index (χ3v) is 15.4. The molecule has 1 aromatic rings. The maximum Gasteiger partial charge on any atom is 0.317 e. The van der Waals surface area contributed by atoms with Gasteiger partial charge < -0.3 is 61.6 Å². The van der Waals surface area contributed by atoms with Crippen LogP contribution in [0.5, 0.6) is 0 Å². The Balaban J connectivity index is 0.917. The first kappa shape index (κ1) is 63.8. The number of para-hydroxylation sites is 1. The number of esters is 1. The van der Waals surface area contributed by atoms with Crippen LogP contribution in [0.3, 0.4) is 0 Å². The molecule has 8 amide bonds. The minimum atomic E-state index is -1.25. The fourth-order valence-corrected chi connectivity index (χ4v) is 10.6. The molecule has 0 aromatic heterocycles. The molecule has 7 atom stereocenters. The monoisotopic (exact) mass is 1150 g/mol. The molecule has 9 N–H and O–H groups in total. The number of nitrogens with one attached hydrogen (secondary N) is 6. The number of nitrogens with zero attached hydrogens (tertiary/aromatic N) is 6. The summed E-state index contributed by atoms with van der Waals surface area (Å²) in [5.41, 5.74) is 2.20. The highest BCUT2D eigenvalue weighted by Crippen LogP contribution is 2.39. The molecule has 5 aliphatic rings. The molecule has 0 saturated carbocycles. The second-order valence-electron chi connectivity index (χ2n) is 21.3. The zero-order valence-corrected chi connectivity index (χ0v) is 46.7. The van der Waals surface area contributed by atoms with Crippen molar-refractivity contribution in [3.63, 3.8) is 0 Å². The Morgan fingerprint density at radius 2 is 1.26 bits per heavy atom. The van der Waals surface area contributed by atoms with E-state index in [-0.39, 0.29) is 103 Å². The molecule has 5 heterocycles. The van der Waals surface area contributed by atoms with Crippen molar-refractivity contribution in [2.75, 3.05) is 117 Å². The summed E-state index contributed by atoms with van der Waals surface area (Å²) >= 11 is 0. The number of carbonyl (C=O) groups is 12. The van der Waals surface area contributed by atoms with E-state index < -0.39 is 108 Å². The normalized spacial score (nSPS) is 21.9. The van der Waals surface area contributed by atoms with Crippen LogP contribution < -0.4 is 36.8 Å². The number of carbonyl (C=O) groups excluding carboxylic acids is 9. The van der Waals surface area contributed by atoms with Crippen LogP contribution in [-0.2, 0) is 79.8 Å². The van der Waals surface area contributed by atoms with E-state index >= 15 is 0 Å². The van der Waals surface area contributed by atoms with Crippen LogP contribution in [0.25, 0.3) is 0 Å². The lowest BCUT2D eigenvalue weighted by atomic mass is 9.97. The number of cyclic esters (lactones) is 1.